The van der Waals surface area contributed by atoms with Crippen LogP contribution in [0, 0.1) is 0 Å². The number of amides is 1. The average Bonchev–Trinajstić information content (AvgIpc) is 2.69. The molecular weight excluding hydrogens is 430 g/mol. The minimum atomic E-state index is -0.291. The summed E-state index contributed by atoms with van der Waals surface area (Å²) in [5, 5.41) is 5.95. The lowest BCUT2D eigenvalue weighted by Gasteiger charge is -2.28. The summed E-state index contributed by atoms with van der Waals surface area (Å²) in [7, 11) is 1.57. The third-order valence-corrected chi connectivity index (χ3v) is 4.97. The van der Waals surface area contributed by atoms with Crippen molar-refractivity contribution in [2.24, 2.45) is 0 Å². The molecule has 0 unspecified atom stereocenters. The van der Waals surface area contributed by atoms with Crippen molar-refractivity contribution in [3.05, 3.63) is 52.5 Å². The van der Waals surface area contributed by atoms with Gasteiger partial charge in [-0.3, -0.25) is 10.1 Å². The fourth-order valence-electron chi connectivity index (χ4n) is 2.72. The Balaban J connectivity index is 1.57. The average molecular weight is 450 g/mol. The van der Waals surface area contributed by atoms with Gasteiger partial charge in [-0.05, 0) is 70.6 Å². The molecule has 0 atom stereocenters. The van der Waals surface area contributed by atoms with Crippen molar-refractivity contribution in [2.45, 2.75) is 0 Å². The zero-order valence-corrected chi connectivity index (χ0v) is 17.2. The Hall–Kier alpha value is -2.16. The van der Waals surface area contributed by atoms with Gasteiger partial charge in [0.15, 0.2) is 5.11 Å². The van der Waals surface area contributed by atoms with Gasteiger partial charge in [0.2, 0.25) is 0 Å². The molecule has 1 heterocycles. The van der Waals surface area contributed by atoms with E-state index in [1.165, 1.54) is 0 Å². The third kappa shape index (κ3) is 5.18. The third-order valence-electron chi connectivity index (χ3n) is 4.14. The molecule has 27 heavy (non-hydrogen) atoms. The molecule has 1 fully saturated rings. The summed E-state index contributed by atoms with van der Waals surface area (Å²) in [6, 6.07) is 13.0. The van der Waals surface area contributed by atoms with Gasteiger partial charge in [-0.2, -0.15) is 0 Å². The summed E-state index contributed by atoms with van der Waals surface area (Å²) in [4.78, 5) is 14.6. The zero-order valence-electron chi connectivity index (χ0n) is 14.8. The SMILES string of the molecule is COc1ccc(C(=O)NC(=S)Nc2ccc(N3CCOCC3)cc2)cc1Br. The van der Waals surface area contributed by atoms with E-state index in [-0.39, 0.29) is 11.0 Å². The summed E-state index contributed by atoms with van der Waals surface area (Å²) in [5.74, 6) is 0.369. The Morgan fingerprint density at radius 1 is 1.19 bits per heavy atom. The Labute approximate surface area is 172 Å². The monoisotopic (exact) mass is 449 g/mol. The number of hydrogen-bond acceptors (Lipinski definition) is 5. The number of ether oxygens (including phenoxy) is 2. The molecular formula is C19H20BrN3O3S. The quantitative estimate of drug-likeness (QED) is 0.697. The lowest BCUT2D eigenvalue weighted by Crippen LogP contribution is -2.36. The highest BCUT2D eigenvalue weighted by molar-refractivity contribution is 9.10. The molecule has 142 valence electrons. The van der Waals surface area contributed by atoms with Gasteiger partial charge in [-0.1, -0.05) is 0 Å². The van der Waals surface area contributed by atoms with E-state index in [1.54, 1.807) is 25.3 Å². The van der Waals surface area contributed by atoms with Crippen LogP contribution in [-0.4, -0.2) is 44.4 Å². The highest BCUT2D eigenvalue weighted by Gasteiger charge is 2.12. The molecule has 2 aromatic carbocycles. The molecule has 1 aliphatic heterocycles. The number of halogens is 1. The van der Waals surface area contributed by atoms with Gasteiger partial charge in [-0.15, -0.1) is 0 Å². The molecule has 0 spiro atoms. The molecule has 0 aromatic heterocycles. The normalized spacial score (nSPS) is 13.8. The molecule has 0 aliphatic carbocycles. The molecule has 1 amide bonds. The minimum Gasteiger partial charge on any atom is -0.496 e. The van der Waals surface area contributed by atoms with E-state index in [0.29, 0.717) is 15.8 Å². The van der Waals surface area contributed by atoms with Crippen LogP contribution >= 0.6 is 28.1 Å². The van der Waals surface area contributed by atoms with Crippen LogP contribution in [0.15, 0.2) is 46.9 Å². The van der Waals surface area contributed by atoms with Crippen LogP contribution in [0.25, 0.3) is 0 Å². The topological polar surface area (TPSA) is 62.8 Å². The highest BCUT2D eigenvalue weighted by atomic mass is 79.9. The number of methoxy groups -OCH3 is 1. The van der Waals surface area contributed by atoms with Crippen molar-refractivity contribution in [3.8, 4) is 5.75 Å². The van der Waals surface area contributed by atoms with Crippen LogP contribution in [0.3, 0.4) is 0 Å². The summed E-state index contributed by atoms with van der Waals surface area (Å²) < 4.78 is 11.2. The van der Waals surface area contributed by atoms with E-state index in [4.69, 9.17) is 21.7 Å². The summed E-state index contributed by atoms with van der Waals surface area (Å²) >= 11 is 8.62. The van der Waals surface area contributed by atoms with Crippen LogP contribution < -0.4 is 20.3 Å². The van der Waals surface area contributed by atoms with Gasteiger partial charge >= 0.3 is 0 Å². The number of rotatable bonds is 4. The molecule has 6 nitrogen and oxygen atoms in total. The van der Waals surface area contributed by atoms with Crippen LogP contribution in [-0.2, 0) is 4.74 Å². The molecule has 0 bridgehead atoms. The molecule has 1 aliphatic rings. The zero-order chi connectivity index (χ0) is 19.2. The fourth-order valence-corrected chi connectivity index (χ4v) is 3.47. The minimum absolute atomic E-state index is 0.242. The second-order valence-electron chi connectivity index (χ2n) is 5.90. The van der Waals surface area contributed by atoms with Crippen molar-refractivity contribution >= 4 is 50.5 Å². The second kappa shape index (κ2) is 9.16. The lowest BCUT2D eigenvalue weighted by atomic mass is 10.2. The number of hydrogen-bond donors (Lipinski definition) is 2. The van der Waals surface area contributed by atoms with Gasteiger partial charge in [-0.25, -0.2) is 0 Å². The number of nitrogens with one attached hydrogen (secondary N) is 2. The highest BCUT2D eigenvalue weighted by Crippen LogP contribution is 2.25. The van der Waals surface area contributed by atoms with Gasteiger partial charge in [0.25, 0.3) is 5.91 Å². The van der Waals surface area contributed by atoms with Crippen molar-refractivity contribution in [2.75, 3.05) is 43.6 Å². The van der Waals surface area contributed by atoms with Gasteiger partial charge in [0.1, 0.15) is 5.75 Å². The van der Waals surface area contributed by atoms with E-state index < -0.39 is 0 Å². The number of anilines is 2. The molecule has 8 heteroatoms. The van der Waals surface area contributed by atoms with Gasteiger partial charge in [0.05, 0.1) is 24.8 Å². The maximum absolute atomic E-state index is 12.3. The van der Waals surface area contributed by atoms with E-state index >= 15 is 0 Å². The first-order valence-corrected chi connectivity index (χ1v) is 9.65. The maximum atomic E-state index is 12.3. The fraction of sp³-hybridized carbons (Fsp3) is 0.263. The van der Waals surface area contributed by atoms with Gasteiger partial charge in [0, 0.05) is 30.0 Å². The second-order valence-corrected chi connectivity index (χ2v) is 7.17. The predicted molar refractivity (Wildman–Crippen MR) is 114 cm³/mol. The molecule has 3 rings (SSSR count). The van der Waals surface area contributed by atoms with Crippen molar-refractivity contribution in [1.82, 2.24) is 5.32 Å². The summed E-state index contributed by atoms with van der Waals surface area (Å²) in [6.45, 7) is 3.27. The molecule has 0 radical (unpaired) electrons. The number of benzene rings is 2. The lowest BCUT2D eigenvalue weighted by molar-refractivity contribution is 0.0977. The largest absolute Gasteiger partial charge is 0.496 e. The van der Waals surface area contributed by atoms with Crippen LogP contribution in [0.4, 0.5) is 11.4 Å². The number of carbonyl (C=O) groups is 1. The number of nitrogens with zero attached hydrogens (tertiary/aromatic N) is 1. The van der Waals surface area contributed by atoms with E-state index in [0.717, 1.165) is 37.7 Å². The first-order valence-electron chi connectivity index (χ1n) is 8.45. The van der Waals surface area contributed by atoms with Crippen molar-refractivity contribution in [3.63, 3.8) is 0 Å². The van der Waals surface area contributed by atoms with E-state index in [2.05, 4.69) is 31.5 Å². The first-order chi connectivity index (χ1) is 13.1. The summed E-state index contributed by atoms with van der Waals surface area (Å²) in [5.41, 5.74) is 2.43. The van der Waals surface area contributed by atoms with Crippen LogP contribution in [0.5, 0.6) is 5.75 Å². The smallest absolute Gasteiger partial charge is 0.257 e. The Morgan fingerprint density at radius 3 is 2.52 bits per heavy atom. The Kier molecular flexibility index (Phi) is 6.65. The predicted octanol–water partition coefficient (Wildman–Crippen LogP) is 3.42. The Morgan fingerprint density at radius 2 is 1.89 bits per heavy atom. The summed E-state index contributed by atoms with van der Waals surface area (Å²) in [6.07, 6.45) is 0. The standard InChI is InChI=1S/C19H20BrN3O3S/c1-25-17-7-2-13(12-16(17)20)18(24)22-19(27)21-14-3-5-15(6-4-14)23-8-10-26-11-9-23/h2-7,12H,8-11H2,1H3,(H2,21,22,24,27). The number of thiocarbonyl (C=S) groups is 1. The maximum Gasteiger partial charge on any atom is 0.257 e. The van der Waals surface area contributed by atoms with E-state index in [1.807, 2.05) is 24.3 Å². The first kappa shape index (κ1) is 19.6. The number of carbonyl (C=O) groups excluding carboxylic acids is 1. The number of morpholine rings is 1. The molecule has 0 saturated carbocycles. The van der Waals surface area contributed by atoms with Crippen LogP contribution in [0.2, 0.25) is 0 Å². The molecule has 2 N–H and O–H groups in total. The van der Waals surface area contributed by atoms with Crippen LogP contribution in [0.1, 0.15) is 10.4 Å². The Bertz CT molecular complexity index is 823. The van der Waals surface area contributed by atoms with Gasteiger partial charge < -0.3 is 19.7 Å². The van der Waals surface area contributed by atoms with Crippen molar-refractivity contribution in [1.29, 1.82) is 0 Å². The molecule has 1 saturated heterocycles. The van der Waals surface area contributed by atoms with E-state index in [9.17, 15) is 4.79 Å². The van der Waals surface area contributed by atoms with Crippen molar-refractivity contribution < 1.29 is 14.3 Å². The molecule has 2 aromatic rings.